The van der Waals surface area contributed by atoms with Crippen molar-refractivity contribution in [1.82, 2.24) is 19.0 Å². The van der Waals surface area contributed by atoms with Gasteiger partial charge in [0.2, 0.25) is 5.91 Å². The molecule has 1 amide bonds. The molecule has 0 unspecified atom stereocenters. The van der Waals surface area contributed by atoms with E-state index in [4.69, 9.17) is 4.42 Å². The molecule has 1 aliphatic rings. The number of hydrogen-bond acceptors (Lipinski definition) is 4. The van der Waals surface area contributed by atoms with Crippen molar-refractivity contribution < 1.29 is 9.21 Å². The van der Waals surface area contributed by atoms with Crippen molar-refractivity contribution in [3.05, 3.63) is 77.5 Å². The summed E-state index contributed by atoms with van der Waals surface area (Å²) < 4.78 is 8.86. The summed E-state index contributed by atoms with van der Waals surface area (Å²) in [5.41, 5.74) is 2.27. The number of fused-ring (bicyclic) bond motifs is 1. The lowest BCUT2D eigenvalue weighted by Crippen LogP contribution is -2.41. The molecule has 0 N–H and O–H groups in total. The van der Waals surface area contributed by atoms with Crippen LogP contribution in [-0.4, -0.2) is 38.0 Å². The van der Waals surface area contributed by atoms with E-state index in [0.717, 1.165) is 30.8 Å². The van der Waals surface area contributed by atoms with E-state index < -0.39 is 5.76 Å². The van der Waals surface area contributed by atoms with E-state index in [1.807, 2.05) is 47.6 Å². The first kappa shape index (κ1) is 19.4. The minimum Gasteiger partial charge on any atom is -0.408 e. The maximum Gasteiger partial charge on any atom is 0.420 e. The molecule has 5 rings (SSSR count). The van der Waals surface area contributed by atoms with Gasteiger partial charge in [-0.25, -0.2) is 9.78 Å². The molecule has 1 fully saturated rings. The van der Waals surface area contributed by atoms with Gasteiger partial charge in [0.1, 0.15) is 12.4 Å². The first-order valence-electron chi connectivity index (χ1n) is 10.6. The monoisotopic (exact) mass is 416 g/mol. The van der Waals surface area contributed by atoms with Gasteiger partial charge in [0, 0.05) is 37.6 Å². The number of para-hydroxylation sites is 2. The smallest absolute Gasteiger partial charge is 0.408 e. The Labute approximate surface area is 179 Å². The molecule has 31 heavy (non-hydrogen) atoms. The highest BCUT2D eigenvalue weighted by Crippen LogP contribution is 2.23. The fraction of sp³-hybridized carbons (Fsp3) is 0.292. The summed E-state index contributed by atoms with van der Waals surface area (Å²) in [6, 6.07) is 17.4. The largest absolute Gasteiger partial charge is 0.420 e. The fourth-order valence-electron chi connectivity index (χ4n) is 4.35. The van der Waals surface area contributed by atoms with E-state index in [-0.39, 0.29) is 12.5 Å². The zero-order chi connectivity index (χ0) is 21.2. The molecule has 0 spiro atoms. The van der Waals surface area contributed by atoms with Crippen molar-refractivity contribution in [2.75, 3.05) is 13.1 Å². The molecule has 7 heteroatoms. The number of oxazole rings is 1. The summed E-state index contributed by atoms with van der Waals surface area (Å²) >= 11 is 0. The summed E-state index contributed by atoms with van der Waals surface area (Å²) in [6.07, 6.45) is 5.72. The van der Waals surface area contributed by atoms with E-state index in [0.29, 0.717) is 30.1 Å². The van der Waals surface area contributed by atoms with Crippen LogP contribution in [0.4, 0.5) is 0 Å². The zero-order valence-corrected chi connectivity index (χ0v) is 17.2. The second-order valence-corrected chi connectivity index (χ2v) is 8.02. The first-order valence-corrected chi connectivity index (χ1v) is 10.6. The van der Waals surface area contributed by atoms with Crippen LogP contribution in [0.15, 0.2) is 76.2 Å². The number of piperidine rings is 1. The van der Waals surface area contributed by atoms with Gasteiger partial charge in [-0.2, -0.15) is 0 Å². The Morgan fingerprint density at radius 1 is 1.03 bits per heavy atom. The van der Waals surface area contributed by atoms with Crippen LogP contribution in [-0.2, 0) is 17.9 Å². The molecule has 0 aliphatic carbocycles. The molecule has 3 heterocycles. The third-order valence-electron chi connectivity index (χ3n) is 6.04. The van der Waals surface area contributed by atoms with Gasteiger partial charge in [0.15, 0.2) is 5.58 Å². The Balaban J connectivity index is 1.21. The van der Waals surface area contributed by atoms with Crippen molar-refractivity contribution in [2.24, 2.45) is 5.92 Å². The lowest BCUT2D eigenvalue weighted by molar-refractivity contribution is -0.133. The summed E-state index contributed by atoms with van der Waals surface area (Å²) in [7, 11) is 0. The molecule has 158 valence electrons. The Kier molecular flexibility index (Phi) is 5.16. The number of benzene rings is 2. The third kappa shape index (κ3) is 3.91. The maximum absolute atomic E-state index is 12.8. The number of amides is 1. The van der Waals surface area contributed by atoms with Crippen LogP contribution in [0.2, 0.25) is 0 Å². The van der Waals surface area contributed by atoms with Crippen molar-refractivity contribution in [3.8, 4) is 11.4 Å². The molecule has 1 saturated heterocycles. The number of carbonyl (C=O) groups is 1. The molecule has 4 aromatic rings. The Morgan fingerprint density at radius 2 is 1.77 bits per heavy atom. The van der Waals surface area contributed by atoms with Gasteiger partial charge in [-0.1, -0.05) is 42.5 Å². The molecule has 2 aromatic carbocycles. The van der Waals surface area contributed by atoms with Gasteiger partial charge in [-0.15, -0.1) is 0 Å². The quantitative estimate of drug-likeness (QED) is 0.500. The molecule has 0 radical (unpaired) electrons. The molecule has 2 aromatic heterocycles. The summed E-state index contributed by atoms with van der Waals surface area (Å²) in [6.45, 7) is 2.30. The highest BCUT2D eigenvalue weighted by Gasteiger charge is 2.25. The van der Waals surface area contributed by atoms with E-state index in [1.165, 1.54) is 4.57 Å². The second kappa shape index (κ2) is 8.26. The summed E-state index contributed by atoms with van der Waals surface area (Å²) in [5.74, 6) is 0.932. The Hall–Kier alpha value is -3.61. The van der Waals surface area contributed by atoms with Crippen LogP contribution >= 0.6 is 0 Å². The molecule has 0 atom stereocenters. The minimum absolute atomic E-state index is 0.0141. The normalized spacial score (nSPS) is 14.9. The lowest BCUT2D eigenvalue weighted by atomic mass is 9.96. The fourth-order valence-corrected chi connectivity index (χ4v) is 4.35. The molecular formula is C24H24N4O3. The maximum atomic E-state index is 12.8. The van der Waals surface area contributed by atoms with Crippen LogP contribution in [0.3, 0.4) is 0 Å². The highest BCUT2D eigenvalue weighted by molar-refractivity contribution is 5.79. The highest BCUT2D eigenvalue weighted by atomic mass is 16.4. The second-order valence-electron chi connectivity index (χ2n) is 8.02. The van der Waals surface area contributed by atoms with Gasteiger partial charge in [0.05, 0.1) is 5.52 Å². The predicted molar refractivity (Wildman–Crippen MR) is 117 cm³/mol. The molecular weight excluding hydrogens is 392 g/mol. The topological polar surface area (TPSA) is 73.3 Å². The number of rotatable bonds is 5. The third-order valence-corrected chi connectivity index (χ3v) is 6.04. The molecule has 7 nitrogen and oxygen atoms in total. The SMILES string of the molecule is O=C(Cn1c(=O)oc2ccccc21)N1CCC(Cn2ccnc2-c2ccccc2)CC1. The van der Waals surface area contributed by atoms with Crippen molar-refractivity contribution >= 4 is 17.0 Å². The van der Waals surface area contributed by atoms with Crippen LogP contribution in [0.25, 0.3) is 22.5 Å². The van der Waals surface area contributed by atoms with Gasteiger partial charge in [-0.3, -0.25) is 9.36 Å². The molecule has 0 bridgehead atoms. The van der Waals surface area contributed by atoms with Crippen molar-refractivity contribution in [2.45, 2.75) is 25.9 Å². The van der Waals surface area contributed by atoms with Gasteiger partial charge in [-0.05, 0) is 30.9 Å². The molecule has 1 aliphatic heterocycles. The number of carbonyl (C=O) groups excluding carboxylic acids is 1. The number of hydrogen-bond donors (Lipinski definition) is 0. The van der Waals surface area contributed by atoms with Gasteiger partial charge in [0.25, 0.3) is 0 Å². The van der Waals surface area contributed by atoms with E-state index in [9.17, 15) is 9.59 Å². The molecule has 0 saturated carbocycles. The van der Waals surface area contributed by atoms with Crippen LogP contribution in [0.5, 0.6) is 0 Å². The Morgan fingerprint density at radius 3 is 2.58 bits per heavy atom. The zero-order valence-electron chi connectivity index (χ0n) is 17.2. The van der Waals surface area contributed by atoms with Gasteiger partial charge < -0.3 is 13.9 Å². The summed E-state index contributed by atoms with van der Waals surface area (Å²) in [4.78, 5) is 31.4. The number of aromatic nitrogens is 3. The van der Waals surface area contributed by atoms with Crippen LogP contribution in [0.1, 0.15) is 12.8 Å². The average Bonchev–Trinajstić information content (AvgIpc) is 3.39. The number of nitrogens with zero attached hydrogens (tertiary/aromatic N) is 4. The average molecular weight is 416 g/mol. The predicted octanol–water partition coefficient (Wildman–Crippen LogP) is 3.40. The standard InChI is InChI=1S/C24H24N4O3/c29-22(17-28-20-8-4-5-9-21(20)31-24(28)30)26-13-10-18(11-14-26)16-27-15-12-25-23(27)19-6-2-1-3-7-19/h1-9,12,15,18H,10-11,13-14,16-17H2. The van der Waals surface area contributed by atoms with Crippen LogP contribution < -0.4 is 5.76 Å². The van der Waals surface area contributed by atoms with Crippen LogP contribution in [0, 0.1) is 5.92 Å². The minimum atomic E-state index is -0.488. The number of imidazole rings is 1. The number of likely N-dealkylation sites (tertiary alicyclic amines) is 1. The first-order chi connectivity index (χ1) is 15.2. The van der Waals surface area contributed by atoms with Crippen molar-refractivity contribution in [3.63, 3.8) is 0 Å². The van der Waals surface area contributed by atoms with Crippen molar-refractivity contribution in [1.29, 1.82) is 0 Å². The van der Waals surface area contributed by atoms with Gasteiger partial charge >= 0.3 is 5.76 Å². The summed E-state index contributed by atoms with van der Waals surface area (Å²) in [5, 5.41) is 0. The lowest BCUT2D eigenvalue weighted by Gasteiger charge is -2.32. The van der Waals surface area contributed by atoms with E-state index in [1.54, 1.807) is 12.1 Å². The Bertz CT molecular complexity index is 1250. The van der Waals surface area contributed by atoms with E-state index >= 15 is 0 Å². The van der Waals surface area contributed by atoms with E-state index in [2.05, 4.69) is 21.7 Å².